The summed E-state index contributed by atoms with van der Waals surface area (Å²) >= 11 is 0. The van der Waals surface area contributed by atoms with Crippen molar-refractivity contribution < 1.29 is 19.4 Å². The van der Waals surface area contributed by atoms with E-state index in [1.54, 1.807) is 14.0 Å². The normalized spacial score (nSPS) is 15.9. The molecule has 0 spiro atoms. The summed E-state index contributed by atoms with van der Waals surface area (Å²) in [6.07, 6.45) is 1.52. The third-order valence-electron chi connectivity index (χ3n) is 6.69. The van der Waals surface area contributed by atoms with Gasteiger partial charge in [-0.05, 0) is 47.6 Å². The lowest BCUT2D eigenvalue weighted by Crippen LogP contribution is -2.36. The molecular weight excluding hydrogens is 454 g/mol. The fourth-order valence-corrected chi connectivity index (χ4v) is 4.31. The molecule has 0 aromatic heterocycles. The quantitative estimate of drug-likeness (QED) is 0.281. The van der Waals surface area contributed by atoms with Crippen molar-refractivity contribution >= 4 is 24.1 Å². The Balaban J connectivity index is 1.43. The van der Waals surface area contributed by atoms with Crippen LogP contribution in [0.4, 0.5) is 4.79 Å². The molecular formula is C29H29N3O4. The first kappa shape index (κ1) is 24.9. The van der Waals surface area contributed by atoms with Crippen LogP contribution in [0.15, 0.2) is 83.9 Å². The third kappa shape index (κ3) is 5.20. The number of aliphatic imine (C=N–C) groups is 1. The smallest absolute Gasteiger partial charge is 0.413 e. The first-order valence-electron chi connectivity index (χ1n) is 11.8. The Morgan fingerprint density at radius 3 is 2.06 bits per heavy atom. The minimum absolute atomic E-state index is 0.316. The number of amidine groups is 1. The minimum atomic E-state index is -0.766. The van der Waals surface area contributed by atoms with Gasteiger partial charge in [-0.1, -0.05) is 78.9 Å². The van der Waals surface area contributed by atoms with Crippen molar-refractivity contribution in [3.63, 3.8) is 0 Å². The van der Waals surface area contributed by atoms with Crippen LogP contribution < -0.4 is 5.32 Å². The topological polar surface area (TPSA) is 112 Å². The third-order valence-corrected chi connectivity index (χ3v) is 6.69. The van der Waals surface area contributed by atoms with E-state index in [9.17, 15) is 14.7 Å². The number of hydrogen-bond donors (Lipinski definition) is 3. The van der Waals surface area contributed by atoms with Gasteiger partial charge in [0.25, 0.3) is 0 Å². The van der Waals surface area contributed by atoms with Crippen LogP contribution in [-0.4, -0.2) is 36.3 Å². The molecule has 1 saturated carbocycles. The Kier molecular flexibility index (Phi) is 7.29. The Morgan fingerprint density at radius 2 is 1.56 bits per heavy atom. The number of ether oxygens (including phenoxy) is 1. The number of hydrogen-bond acceptors (Lipinski definition) is 5. The molecule has 1 aliphatic carbocycles. The molecule has 7 nitrogen and oxygen atoms in total. The Bertz CT molecular complexity index is 1260. The van der Waals surface area contributed by atoms with E-state index in [1.165, 1.54) is 6.21 Å². The van der Waals surface area contributed by atoms with E-state index in [1.807, 2.05) is 78.9 Å². The van der Waals surface area contributed by atoms with Gasteiger partial charge >= 0.3 is 12.1 Å². The fraction of sp³-hybridized carbons (Fsp3) is 0.241. The van der Waals surface area contributed by atoms with Crippen molar-refractivity contribution in [2.24, 2.45) is 4.99 Å². The van der Waals surface area contributed by atoms with Crippen LogP contribution in [0.1, 0.15) is 48.5 Å². The maximum absolute atomic E-state index is 12.5. The largest absolute Gasteiger partial charge is 0.481 e. The average Bonchev–Trinajstić information content (AvgIpc) is 3.72. The van der Waals surface area contributed by atoms with E-state index in [4.69, 9.17) is 10.1 Å². The summed E-state index contributed by atoms with van der Waals surface area (Å²) in [6, 6.07) is 24.7. The van der Waals surface area contributed by atoms with Crippen molar-refractivity contribution in [1.82, 2.24) is 5.32 Å². The Morgan fingerprint density at radius 1 is 0.972 bits per heavy atom. The number of amides is 1. The van der Waals surface area contributed by atoms with Gasteiger partial charge in [0.2, 0.25) is 0 Å². The maximum Gasteiger partial charge on any atom is 0.413 e. The van der Waals surface area contributed by atoms with Crippen LogP contribution in [0.5, 0.6) is 0 Å². The second kappa shape index (κ2) is 10.6. The van der Waals surface area contributed by atoms with Crippen LogP contribution in [0.3, 0.4) is 0 Å². The monoisotopic (exact) mass is 483 g/mol. The second-order valence-corrected chi connectivity index (χ2v) is 8.92. The van der Waals surface area contributed by atoms with Gasteiger partial charge in [0, 0.05) is 13.3 Å². The number of carboxylic acids is 1. The number of nitrogens with one attached hydrogen (secondary N) is 2. The standard InChI is InChI=1S/C29H29N3O4/c1-19(20-6-4-3-5-7-20)36-28(35)32-26(31-2)25(18-30)23-10-8-21(9-11-23)22-12-14-24(15-13-22)29(16-17-29)27(33)34/h3-15,18-19,25,30H,16-17H2,1-2H3,(H,33,34)(H,31,32,35). The molecule has 184 valence electrons. The number of benzene rings is 3. The van der Waals surface area contributed by atoms with Crippen LogP contribution in [0.2, 0.25) is 0 Å². The van der Waals surface area contributed by atoms with Crippen molar-refractivity contribution in [2.75, 3.05) is 7.05 Å². The molecule has 1 fully saturated rings. The van der Waals surface area contributed by atoms with Crippen molar-refractivity contribution in [2.45, 2.75) is 37.2 Å². The molecule has 4 rings (SSSR count). The number of alkyl carbamates (subject to hydrolysis) is 1. The number of carbonyl (C=O) groups excluding carboxylic acids is 1. The molecule has 7 heteroatoms. The van der Waals surface area contributed by atoms with Crippen LogP contribution in [-0.2, 0) is 14.9 Å². The molecule has 0 heterocycles. The number of carbonyl (C=O) groups is 2. The van der Waals surface area contributed by atoms with Crippen molar-refractivity contribution in [1.29, 1.82) is 5.41 Å². The van der Waals surface area contributed by atoms with E-state index >= 15 is 0 Å². The molecule has 3 aromatic carbocycles. The van der Waals surface area contributed by atoms with Crippen LogP contribution >= 0.6 is 0 Å². The predicted molar refractivity (Wildman–Crippen MR) is 140 cm³/mol. The first-order valence-corrected chi connectivity index (χ1v) is 11.8. The highest BCUT2D eigenvalue weighted by molar-refractivity contribution is 6.07. The number of carboxylic acid groups (broad SMARTS) is 1. The average molecular weight is 484 g/mol. The molecule has 0 aliphatic heterocycles. The number of aliphatic carboxylic acids is 1. The summed E-state index contributed by atoms with van der Waals surface area (Å²) in [5.41, 5.74) is 3.73. The number of nitrogens with zero attached hydrogens (tertiary/aromatic N) is 1. The highest BCUT2D eigenvalue weighted by Crippen LogP contribution is 2.48. The molecule has 36 heavy (non-hydrogen) atoms. The molecule has 3 aromatic rings. The minimum Gasteiger partial charge on any atom is -0.481 e. The van der Waals surface area contributed by atoms with Crippen LogP contribution in [0, 0.1) is 5.41 Å². The first-order chi connectivity index (χ1) is 17.4. The fourth-order valence-electron chi connectivity index (χ4n) is 4.31. The van der Waals surface area contributed by atoms with Gasteiger partial charge in [-0.2, -0.15) is 0 Å². The molecule has 0 saturated heterocycles. The van der Waals surface area contributed by atoms with Gasteiger partial charge in [0.1, 0.15) is 11.9 Å². The van der Waals surface area contributed by atoms with Gasteiger partial charge < -0.3 is 15.3 Å². The van der Waals surface area contributed by atoms with E-state index in [-0.39, 0.29) is 0 Å². The summed E-state index contributed by atoms with van der Waals surface area (Å²) in [6.45, 7) is 1.79. The zero-order valence-corrected chi connectivity index (χ0v) is 20.3. The molecule has 2 atom stereocenters. The lowest BCUT2D eigenvalue weighted by Gasteiger charge is -2.19. The van der Waals surface area contributed by atoms with E-state index < -0.39 is 29.5 Å². The van der Waals surface area contributed by atoms with Crippen molar-refractivity contribution in [3.05, 3.63) is 95.6 Å². The second-order valence-electron chi connectivity index (χ2n) is 8.92. The Labute approximate surface area is 210 Å². The highest BCUT2D eigenvalue weighted by atomic mass is 16.6. The summed E-state index contributed by atoms with van der Waals surface area (Å²) < 4.78 is 5.49. The molecule has 2 unspecified atom stereocenters. The van der Waals surface area contributed by atoms with E-state index in [0.717, 1.165) is 27.8 Å². The van der Waals surface area contributed by atoms with Gasteiger partial charge in [-0.15, -0.1) is 0 Å². The van der Waals surface area contributed by atoms with Gasteiger partial charge in [-0.25, -0.2) is 4.79 Å². The molecule has 0 bridgehead atoms. The lowest BCUT2D eigenvalue weighted by molar-refractivity contribution is -0.140. The van der Waals surface area contributed by atoms with E-state index in [0.29, 0.717) is 18.7 Å². The summed E-state index contributed by atoms with van der Waals surface area (Å²) in [5.74, 6) is -0.996. The number of rotatable bonds is 8. The highest BCUT2D eigenvalue weighted by Gasteiger charge is 2.51. The predicted octanol–water partition coefficient (Wildman–Crippen LogP) is 5.72. The van der Waals surface area contributed by atoms with E-state index in [2.05, 4.69) is 10.3 Å². The Hall–Kier alpha value is -4.26. The lowest BCUT2D eigenvalue weighted by atomic mass is 9.92. The van der Waals surface area contributed by atoms with Gasteiger partial charge in [0.15, 0.2) is 0 Å². The molecule has 1 amide bonds. The molecule has 1 aliphatic rings. The summed E-state index contributed by atoms with van der Waals surface area (Å²) in [5, 5.41) is 20.1. The zero-order chi connectivity index (χ0) is 25.7. The summed E-state index contributed by atoms with van der Waals surface area (Å²) in [4.78, 5) is 28.3. The summed E-state index contributed by atoms with van der Waals surface area (Å²) in [7, 11) is 1.56. The van der Waals surface area contributed by atoms with Crippen molar-refractivity contribution in [3.8, 4) is 11.1 Å². The molecule has 0 radical (unpaired) electrons. The maximum atomic E-state index is 12.5. The SMILES string of the molecule is CN=C(NC(=O)OC(C)c1ccccc1)C(C=N)c1ccc(-c2ccc(C3(C(=O)O)CC3)cc2)cc1. The van der Waals surface area contributed by atoms with Crippen LogP contribution in [0.25, 0.3) is 11.1 Å². The van der Waals surface area contributed by atoms with Gasteiger partial charge in [-0.3, -0.25) is 15.1 Å². The molecule has 3 N–H and O–H groups in total. The zero-order valence-electron chi connectivity index (χ0n) is 20.3. The van der Waals surface area contributed by atoms with Gasteiger partial charge in [0.05, 0.1) is 11.3 Å².